The third-order valence-electron chi connectivity index (χ3n) is 7.61. The SMILES string of the molecule is CCn1cc(C(=O)N2CCN(c3ccc(C)cc3)[C@@H](C)C2)c(=O)c2cc(S(=O)(=O)N3CCCC3)ccc21. The monoisotopic (exact) mass is 522 g/mol. The Bertz CT molecular complexity index is 1490. The van der Waals surface area contributed by atoms with Crippen LogP contribution in [0.2, 0.25) is 0 Å². The van der Waals surface area contributed by atoms with Crippen molar-refractivity contribution in [1.82, 2.24) is 13.8 Å². The molecule has 1 aromatic heterocycles. The van der Waals surface area contributed by atoms with Crippen molar-refractivity contribution in [2.75, 3.05) is 37.6 Å². The molecule has 9 heteroatoms. The summed E-state index contributed by atoms with van der Waals surface area (Å²) in [5.41, 5.74) is 2.61. The molecule has 2 saturated heterocycles. The summed E-state index contributed by atoms with van der Waals surface area (Å²) in [4.78, 5) is 31.3. The number of sulfonamides is 1. The van der Waals surface area contributed by atoms with Gasteiger partial charge in [-0.2, -0.15) is 4.31 Å². The predicted molar refractivity (Wildman–Crippen MR) is 146 cm³/mol. The lowest BCUT2D eigenvalue weighted by atomic mass is 10.1. The number of pyridine rings is 1. The standard InChI is InChI=1S/C28H34N4O4S/c1-4-29-19-25(28(34)30-15-16-32(21(3)18-30)22-9-7-20(2)8-10-22)27(33)24-17-23(11-12-26(24)29)37(35,36)31-13-5-6-14-31/h7-12,17,19,21H,4-6,13-16,18H2,1-3H3/t21-/m0/s1. The molecule has 196 valence electrons. The van der Waals surface area contributed by atoms with Gasteiger partial charge in [-0.3, -0.25) is 9.59 Å². The quantitative estimate of drug-likeness (QED) is 0.513. The molecule has 3 heterocycles. The number of aromatic nitrogens is 1. The molecule has 3 aromatic rings. The van der Waals surface area contributed by atoms with E-state index < -0.39 is 15.5 Å². The van der Waals surface area contributed by atoms with Crippen molar-refractivity contribution in [2.24, 2.45) is 0 Å². The van der Waals surface area contributed by atoms with Gasteiger partial charge in [-0.1, -0.05) is 17.7 Å². The van der Waals surface area contributed by atoms with E-state index in [2.05, 4.69) is 43.0 Å². The third-order valence-corrected chi connectivity index (χ3v) is 9.50. The van der Waals surface area contributed by atoms with E-state index in [1.807, 2.05) is 11.5 Å². The minimum absolute atomic E-state index is 0.0843. The van der Waals surface area contributed by atoms with Gasteiger partial charge in [-0.05, 0) is 63.9 Å². The number of hydrogen-bond acceptors (Lipinski definition) is 5. The Kier molecular flexibility index (Phi) is 6.85. The maximum Gasteiger partial charge on any atom is 0.259 e. The number of piperazine rings is 1. The van der Waals surface area contributed by atoms with Gasteiger partial charge in [0.05, 0.1) is 10.4 Å². The summed E-state index contributed by atoms with van der Waals surface area (Å²) in [5.74, 6) is -0.308. The Morgan fingerprint density at radius 1 is 1.00 bits per heavy atom. The van der Waals surface area contributed by atoms with Crippen molar-refractivity contribution in [1.29, 1.82) is 0 Å². The Hall–Kier alpha value is -3.17. The van der Waals surface area contributed by atoms with Crippen LogP contribution in [-0.4, -0.2) is 66.9 Å². The van der Waals surface area contributed by atoms with Crippen LogP contribution in [0.1, 0.15) is 42.6 Å². The number of carbonyl (C=O) groups excluding carboxylic acids is 1. The van der Waals surface area contributed by atoms with Crippen LogP contribution in [0.3, 0.4) is 0 Å². The van der Waals surface area contributed by atoms with Crippen LogP contribution < -0.4 is 10.3 Å². The van der Waals surface area contributed by atoms with Gasteiger partial charge < -0.3 is 14.4 Å². The van der Waals surface area contributed by atoms with E-state index in [9.17, 15) is 18.0 Å². The van der Waals surface area contributed by atoms with Crippen molar-refractivity contribution in [3.63, 3.8) is 0 Å². The van der Waals surface area contributed by atoms with Gasteiger partial charge in [-0.15, -0.1) is 0 Å². The summed E-state index contributed by atoms with van der Waals surface area (Å²) in [6, 6.07) is 13.1. The number of benzene rings is 2. The second-order valence-corrected chi connectivity index (χ2v) is 12.0. The molecule has 37 heavy (non-hydrogen) atoms. The van der Waals surface area contributed by atoms with Gasteiger partial charge in [0.1, 0.15) is 5.56 Å². The van der Waals surface area contributed by atoms with Crippen LogP contribution in [0.25, 0.3) is 10.9 Å². The first-order chi connectivity index (χ1) is 17.7. The van der Waals surface area contributed by atoms with Crippen molar-refractivity contribution in [3.8, 4) is 0 Å². The first-order valence-corrected chi connectivity index (χ1v) is 14.4. The number of fused-ring (bicyclic) bond motifs is 1. The van der Waals surface area contributed by atoms with Crippen molar-refractivity contribution < 1.29 is 13.2 Å². The van der Waals surface area contributed by atoms with E-state index in [-0.39, 0.29) is 27.8 Å². The zero-order chi connectivity index (χ0) is 26.3. The van der Waals surface area contributed by atoms with Gasteiger partial charge in [0.25, 0.3) is 5.91 Å². The van der Waals surface area contributed by atoms with E-state index in [1.54, 1.807) is 23.2 Å². The molecule has 0 saturated carbocycles. The van der Waals surface area contributed by atoms with E-state index >= 15 is 0 Å². The highest BCUT2D eigenvalue weighted by atomic mass is 32.2. The zero-order valence-electron chi connectivity index (χ0n) is 21.7. The Balaban J connectivity index is 1.47. The van der Waals surface area contributed by atoms with Gasteiger partial charge in [-0.25, -0.2) is 8.42 Å². The first kappa shape index (κ1) is 25.5. The van der Waals surface area contributed by atoms with E-state index in [4.69, 9.17) is 0 Å². The van der Waals surface area contributed by atoms with Gasteiger partial charge >= 0.3 is 0 Å². The summed E-state index contributed by atoms with van der Waals surface area (Å²) in [6.45, 7) is 9.28. The van der Waals surface area contributed by atoms with E-state index in [0.717, 1.165) is 18.5 Å². The van der Waals surface area contributed by atoms with Crippen LogP contribution in [-0.2, 0) is 16.6 Å². The molecule has 8 nitrogen and oxygen atoms in total. The van der Waals surface area contributed by atoms with E-state index in [0.29, 0.717) is 44.8 Å². The number of carbonyl (C=O) groups is 1. The number of aryl methyl sites for hydroxylation is 2. The lowest BCUT2D eigenvalue weighted by Crippen LogP contribution is -2.54. The molecule has 0 N–H and O–H groups in total. The Labute approximate surface area is 218 Å². The molecule has 1 amide bonds. The molecule has 2 aromatic carbocycles. The lowest BCUT2D eigenvalue weighted by Gasteiger charge is -2.41. The molecule has 1 atom stereocenters. The van der Waals surface area contributed by atoms with Crippen LogP contribution in [0.5, 0.6) is 0 Å². The average molecular weight is 523 g/mol. The second-order valence-electron chi connectivity index (χ2n) is 10.1. The maximum atomic E-state index is 13.6. The summed E-state index contributed by atoms with van der Waals surface area (Å²) in [5, 5.41) is 0.263. The minimum Gasteiger partial charge on any atom is -0.365 e. The van der Waals surface area contributed by atoms with Gasteiger partial charge in [0.2, 0.25) is 15.5 Å². The van der Waals surface area contributed by atoms with E-state index in [1.165, 1.54) is 15.9 Å². The van der Waals surface area contributed by atoms with Crippen molar-refractivity contribution in [2.45, 2.75) is 51.1 Å². The number of rotatable bonds is 5. The fourth-order valence-electron chi connectivity index (χ4n) is 5.46. The van der Waals surface area contributed by atoms with Crippen LogP contribution in [0.15, 0.2) is 58.4 Å². The normalized spacial score (nSPS) is 19.1. The highest BCUT2D eigenvalue weighted by Crippen LogP contribution is 2.25. The molecule has 0 radical (unpaired) electrons. The number of hydrogen-bond donors (Lipinski definition) is 0. The molecule has 2 fully saturated rings. The Morgan fingerprint density at radius 2 is 1.70 bits per heavy atom. The molecule has 2 aliphatic rings. The average Bonchev–Trinajstić information content (AvgIpc) is 3.45. The molecule has 2 aliphatic heterocycles. The topological polar surface area (TPSA) is 82.9 Å². The fourth-order valence-corrected chi connectivity index (χ4v) is 7.00. The second kappa shape index (κ2) is 9.95. The molecular formula is C28H34N4O4S. The fraction of sp³-hybridized carbons (Fsp3) is 0.429. The van der Waals surface area contributed by atoms with Crippen LogP contribution >= 0.6 is 0 Å². The Morgan fingerprint density at radius 3 is 2.35 bits per heavy atom. The summed E-state index contributed by atoms with van der Waals surface area (Å²) in [7, 11) is -3.68. The number of anilines is 1. The van der Waals surface area contributed by atoms with Crippen LogP contribution in [0, 0.1) is 6.92 Å². The molecular weight excluding hydrogens is 488 g/mol. The predicted octanol–water partition coefficient (Wildman–Crippen LogP) is 3.47. The van der Waals surface area contributed by atoms with Crippen molar-refractivity contribution >= 4 is 32.5 Å². The summed E-state index contributed by atoms with van der Waals surface area (Å²) < 4.78 is 29.6. The minimum atomic E-state index is -3.68. The zero-order valence-corrected chi connectivity index (χ0v) is 22.5. The van der Waals surface area contributed by atoms with Crippen LogP contribution in [0.4, 0.5) is 5.69 Å². The third kappa shape index (κ3) is 4.66. The largest absolute Gasteiger partial charge is 0.365 e. The van der Waals surface area contributed by atoms with Gasteiger partial charge in [0.15, 0.2) is 0 Å². The highest BCUT2D eigenvalue weighted by Gasteiger charge is 2.31. The van der Waals surface area contributed by atoms with Crippen molar-refractivity contribution in [3.05, 3.63) is 70.0 Å². The molecule has 5 rings (SSSR count). The molecule has 0 spiro atoms. The summed E-state index contributed by atoms with van der Waals surface area (Å²) in [6.07, 6.45) is 3.30. The number of nitrogens with zero attached hydrogens (tertiary/aromatic N) is 4. The molecule has 0 unspecified atom stereocenters. The summed E-state index contributed by atoms with van der Waals surface area (Å²) >= 11 is 0. The first-order valence-electron chi connectivity index (χ1n) is 13.0. The number of amides is 1. The molecule has 0 bridgehead atoms. The lowest BCUT2D eigenvalue weighted by molar-refractivity contribution is 0.0724. The maximum absolute atomic E-state index is 13.6. The molecule has 0 aliphatic carbocycles. The smallest absolute Gasteiger partial charge is 0.259 e. The highest BCUT2D eigenvalue weighted by molar-refractivity contribution is 7.89. The van der Waals surface area contributed by atoms with Gasteiger partial charge in [0, 0.05) is 62.6 Å².